The first-order valence-corrected chi connectivity index (χ1v) is 4.61. The van der Waals surface area contributed by atoms with Gasteiger partial charge in [0.2, 0.25) is 0 Å². The van der Waals surface area contributed by atoms with Crippen LogP contribution in [0.15, 0.2) is 29.8 Å². The number of aliphatic carboxylic acids is 1. The van der Waals surface area contributed by atoms with E-state index in [0.717, 1.165) is 11.3 Å². The van der Waals surface area contributed by atoms with Crippen LogP contribution in [0.2, 0.25) is 0 Å². The van der Waals surface area contributed by atoms with E-state index in [2.05, 4.69) is 0 Å². The van der Waals surface area contributed by atoms with Crippen molar-refractivity contribution in [3.05, 3.63) is 35.4 Å². The van der Waals surface area contributed by atoms with Crippen molar-refractivity contribution >= 4 is 11.5 Å². The molecule has 15 heavy (non-hydrogen) atoms. The Morgan fingerprint density at radius 2 is 1.73 bits per heavy atom. The first-order chi connectivity index (χ1) is 7.06. The molecule has 1 rings (SSSR count). The number of hydrogen-bond acceptors (Lipinski definition) is 2. The summed E-state index contributed by atoms with van der Waals surface area (Å²) in [6, 6.07) is 6.99. The minimum absolute atomic E-state index is 0.345. The van der Waals surface area contributed by atoms with E-state index < -0.39 is 5.97 Å². The quantitative estimate of drug-likeness (QED) is 0.773. The van der Waals surface area contributed by atoms with Gasteiger partial charge in [0.25, 0.3) is 0 Å². The molecule has 0 aromatic heterocycles. The van der Waals surface area contributed by atoms with Crippen LogP contribution in [-0.2, 0) is 4.79 Å². The molecule has 1 aromatic rings. The topological polar surface area (TPSA) is 46.5 Å². The average molecular weight is 206 g/mol. The Labute approximate surface area is 89.0 Å². The molecule has 0 heterocycles. The number of ether oxygens (including phenoxy) is 1. The summed E-state index contributed by atoms with van der Waals surface area (Å²) in [7, 11) is 1.58. The van der Waals surface area contributed by atoms with Gasteiger partial charge in [0.05, 0.1) is 12.7 Å². The first kappa shape index (κ1) is 11.3. The Bertz CT molecular complexity index is 384. The zero-order chi connectivity index (χ0) is 11.4. The highest BCUT2D eigenvalue weighted by atomic mass is 16.5. The number of carboxylic acid groups (broad SMARTS) is 1. The Morgan fingerprint density at radius 3 is 2.07 bits per heavy atom. The normalized spacial score (nSPS) is 9.53. The van der Waals surface area contributed by atoms with E-state index in [1.165, 1.54) is 0 Å². The maximum Gasteiger partial charge on any atom is 0.336 e. The largest absolute Gasteiger partial charge is 0.497 e. The number of methoxy groups -OCH3 is 1. The van der Waals surface area contributed by atoms with Gasteiger partial charge in [-0.25, -0.2) is 4.79 Å². The second kappa shape index (κ2) is 4.64. The molecule has 0 saturated carbocycles. The average Bonchev–Trinajstić information content (AvgIpc) is 2.18. The van der Waals surface area contributed by atoms with E-state index in [4.69, 9.17) is 9.84 Å². The highest BCUT2D eigenvalue weighted by Crippen LogP contribution is 2.21. The summed E-state index contributed by atoms with van der Waals surface area (Å²) in [5.74, 6) is -0.183. The molecule has 0 radical (unpaired) electrons. The monoisotopic (exact) mass is 206 g/mol. The van der Waals surface area contributed by atoms with E-state index in [9.17, 15) is 4.79 Å². The van der Waals surface area contributed by atoms with E-state index in [-0.39, 0.29) is 0 Å². The van der Waals surface area contributed by atoms with Crippen LogP contribution < -0.4 is 4.74 Å². The van der Waals surface area contributed by atoms with E-state index >= 15 is 0 Å². The van der Waals surface area contributed by atoms with Crippen molar-refractivity contribution in [2.24, 2.45) is 0 Å². The molecule has 0 spiro atoms. The van der Waals surface area contributed by atoms with E-state index in [1.54, 1.807) is 45.2 Å². The molecule has 1 N–H and O–H groups in total. The standard InChI is InChI=1S/C12H14O3/c1-8(2)11(12(13)14)9-4-6-10(15-3)7-5-9/h4-7H,1-3H3,(H,13,14). The lowest BCUT2D eigenvalue weighted by Gasteiger charge is -2.06. The SMILES string of the molecule is COc1ccc(C(C(=O)O)=C(C)C)cc1. The second-order valence-electron chi connectivity index (χ2n) is 3.41. The van der Waals surface area contributed by atoms with Crippen LogP contribution in [0.5, 0.6) is 5.75 Å². The molecule has 0 atom stereocenters. The lowest BCUT2D eigenvalue weighted by atomic mass is 10.0. The predicted molar refractivity (Wildman–Crippen MR) is 58.9 cm³/mol. The van der Waals surface area contributed by atoms with Gasteiger partial charge in [0.15, 0.2) is 0 Å². The van der Waals surface area contributed by atoms with Crippen molar-refractivity contribution in [3.63, 3.8) is 0 Å². The Hall–Kier alpha value is -1.77. The summed E-state index contributed by atoms with van der Waals surface area (Å²) >= 11 is 0. The van der Waals surface area contributed by atoms with Crippen LogP contribution in [0, 0.1) is 0 Å². The molecule has 0 aliphatic heterocycles. The maximum absolute atomic E-state index is 11.0. The van der Waals surface area contributed by atoms with Gasteiger partial charge < -0.3 is 9.84 Å². The molecule has 0 unspecified atom stereocenters. The molecule has 0 aliphatic carbocycles. The number of carbonyl (C=O) groups is 1. The molecule has 80 valence electrons. The van der Waals surface area contributed by atoms with Gasteiger partial charge >= 0.3 is 5.97 Å². The molecular formula is C12H14O3. The summed E-state index contributed by atoms with van der Waals surface area (Å²) < 4.78 is 5.01. The van der Waals surface area contributed by atoms with Crippen LogP contribution in [0.1, 0.15) is 19.4 Å². The summed E-state index contributed by atoms with van der Waals surface area (Å²) in [5.41, 5.74) is 1.83. The van der Waals surface area contributed by atoms with E-state index in [1.807, 2.05) is 0 Å². The fourth-order valence-corrected chi connectivity index (χ4v) is 1.38. The molecule has 3 nitrogen and oxygen atoms in total. The molecule has 3 heteroatoms. The van der Waals surface area contributed by atoms with Crippen LogP contribution in [-0.4, -0.2) is 18.2 Å². The van der Waals surface area contributed by atoms with Gasteiger partial charge in [-0.15, -0.1) is 0 Å². The molecule has 0 bridgehead atoms. The van der Waals surface area contributed by atoms with Gasteiger partial charge in [-0.2, -0.15) is 0 Å². The Kier molecular flexibility index (Phi) is 3.50. The second-order valence-corrected chi connectivity index (χ2v) is 3.41. The Morgan fingerprint density at radius 1 is 1.20 bits per heavy atom. The smallest absolute Gasteiger partial charge is 0.336 e. The van der Waals surface area contributed by atoms with Crippen molar-refractivity contribution < 1.29 is 14.6 Å². The fourth-order valence-electron chi connectivity index (χ4n) is 1.38. The summed E-state index contributed by atoms with van der Waals surface area (Å²) in [5, 5.41) is 9.03. The summed E-state index contributed by atoms with van der Waals surface area (Å²) in [6.07, 6.45) is 0. The minimum atomic E-state index is -0.903. The lowest BCUT2D eigenvalue weighted by molar-refractivity contribution is -0.130. The number of carboxylic acids is 1. The van der Waals surface area contributed by atoms with Gasteiger partial charge in [-0.05, 0) is 31.5 Å². The summed E-state index contributed by atoms with van der Waals surface area (Å²) in [4.78, 5) is 11.0. The number of rotatable bonds is 3. The van der Waals surface area contributed by atoms with Crippen LogP contribution in [0.25, 0.3) is 5.57 Å². The molecule has 0 saturated heterocycles. The zero-order valence-electron chi connectivity index (χ0n) is 9.07. The molecule has 0 aliphatic rings. The van der Waals surface area contributed by atoms with Crippen molar-refractivity contribution in [1.29, 1.82) is 0 Å². The maximum atomic E-state index is 11.0. The van der Waals surface area contributed by atoms with Crippen LogP contribution in [0.3, 0.4) is 0 Å². The van der Waals surface area contributed by atoms with E-state index in [0.29, 0.717) is 11.1 Å². The van der Waals surface area contributed by atoms with Gasteiger partial charge in [-0.1, -0.05) is 17.7 Å². The van der Waals surface area contributed by atoms with Gasteiger partial charge in [0, 0.05) is 0 Å². The minimum Gasteiger partial charge on any atom is -0.497 e. The van der Waals surface area contributed by atoms with Crippen LogP contribution >= 0.6 is 0 Å². The number of benzene rings is 1. The predicted octanol–water partition coefficient (Wildman–Crippen LogP) is 2.57. The highest BCUT2D eigenvalue weighted by Gasteiger charge is 2.11. The van der Waals surface area contributed by atoms with Crippen molar-refractivity contribution in [2.45, 2.75) is 13.8 Å². The fraction of sp³-hybridized carbons (Fsp3) is 0.250. The molecule has 0 amide bonds. The zero-order valence-corrected chi connectivity index (χ0v) is 9.07. The van der Waals surface area contributed by atoms with Gasteiger partial charge in [-0.3, -0.25) is 0 Å². The van der Waals surface area contributed by atoms with Crippen LogP contribution in [0.4, 0.5) is 0 Å². The number of hydrogen-bond donors (Lipinski definition) is 1. The molecular weight excluding hydrogens is 192 g/mol. The third-order valence-corrected chi connectivity index (χ3v) is 2.09. The lowest BCUT2D eigenvalue weighted by Crippen LogP contribution is -2.01. The third-order valence-electron chi connectivity index (χ3n) is 2.09. The summed E-state index contributed by atoms with van der Waals surface area (Å²) in [6.45, 7) is 3.57. The van der Waals surface area contributed by atoms with Crippen molar-refractivity contribution in [1.82, 2.24) is 0 Å². The Balaban J connectivity index is 3.15. The number of allylic oxidation sites excluding steroid dienone is 1. The highest BCUT2D eigenvalue weighted by molar-refractivity contribution is 6.16. The third kappa shape index (κ3) is 2.59. The first-order valence-electron chi connectivity index (χ1n) is 4.61. The molecule has 1 aromatic carbocycles. The van der Waals surface area contributed by atoms with Gasteiger partial charge in [0.1, 0.15) is 5.75 Å². The van der Waals surface area contributed by atoms with Crippen molar-refractivity contribution in [3.8, 4) is 5.75 Å². The molecule has 0 fully saturated rings. The van der Waals surface area contributed by atoms with Crippen molar-refractivity contribution in [2.75, 3.05) is 7.11 Å².